The van der Waals surface area contributed by atoms with Crippen LogP contribution < -0.4 is 10.9 Å². The molecule has 3 rings (SSSR count). The molecular formula is C21H19N3O5. The molecule has 0 aliphatic rings. The number of ether oxygens (including phenoxy) is 1. The molecule has 8 heteroatoms. The number of ketones is 1. The second-order valence-corrected chi connectivity index (χ2v) is 6.45. The van der Waals surface area contributed by atoms with E-state index in [9.17, 15) is 19.2 Å². The fourth-order valence-corrected chi connectivity index (χ4v) is 2.68. The molecule has 0 saturated carbocycles. The van der Waals surface area contributed by atoms with Crippen molar-refractivity contribution >= 4 is 34.3 Å². The zero-order valence-electron chi connectivity index (χ0n) is 15.9. The summed E-state index contributed by atoms with van der Waals surface area (Å²) < 4.78 is 6.26. The van der Waals surface area contributed by atoms with Gasteiger partial charge in [0, 0.05) is 11.3 Å². The number of carbonyl (C=O) groups is 3. The van der Waals surface area contributed by atoms with Crippen LogP contribution in [0.1, 0.15) is 24.2 Å². The van der Waals surface area contributed by atoms with E-state index in [1.807, 2.05) is 0 Å². The van der Waals surface area contributed by atoms with Crippen LogP contribution in [0.5, 0.6) is 0 Å². The lowest BCUT2D eigenvalue weighted by Crippen LogP contribution is -2.33. The molecule has 1 amide bonds. The molecular weight excluding hydrogens is 374 g/mol. The molecule has 8 nitrogen and oxygen atoms in total. The number of hydrogen-bond donors (Lipinski definition) is 1. The Hall–Kier alpha value is -3.81. The molecule has 2 aromatic carbocycles. The number of fused-ring (bicyclic) bond motifs is 1. The van der Waals surface area contributed by atoms with Gasteiger partial charge in [0.15, 0.2) is 11.9 Å². The molecule has 0 spiro atoms. The zero-order valence-corrected chi connectivity index (χ0v) is 15.9. The number of esters is 1. The highest BCUT2D eigenvalue weighted by Gasteiger charge is 2.19. The van der Waals surface area contributed by atoms with Gasteiger partial charge < -0.3 is 10.1 Å². The number of para-hydroxylation sites is 1. The Balaban J connectivity index is 1.61. The van der Waals surface area contributed by atoms with Crippen LogP contribution in [0.2, 0.25) is 0 Å². The third-order valence-electron chi connectivity index (χ3n) is 4.27. The number of rotatable bonds is 6. The molecule has 0 saturated heterocycles. The van der Waals surface area contributed by atoms with Crippen molar-refractivity contribution in [3.63, 3.8) is 0 Å². The number of anilines is 1. The minimum atomic E-state index is -1.07. The van der Waals surface area contributed by atoms with Crippen molar-refractivity contribution in [2.45, 2.75) is 26.5 Å². The lowest BCUT2D eigenvalue weighted by molar-refractivity contribution is -0.153. The topological polar surface area (TPSA) is 107 Å². The van der Waals surface area contributed by atoms with Gasteiger partial charge in [-0.25, -0.2) is 4.98 Å². The van der Waals surface area contributed by atoms with Gasteiger partial charge in [-0.2, -0.15) is 0 Å². The number of amides is 1. The van der Waals surface area contributed by atoms with Crippen LogP contribution in [0.25, 0.3) is 10.9 Å². The van der Waals surface area contributed by atoms with Crippen LogP contribution in [0.4, 0.5) is 5.69 Å². The minimum absolute atomic E-state index is 0.0800. The highest BCUT2D eigenvalue weighted by atomic mass is 16.5. The van der Waals surface area contributed by atoms with E-state index in [-0.39, 0.29) is 17.9 Å². The van der Waals surface area contributed by atoms with Crippen molar-refractivity contribution in [3.8, 4) is 0 Å². The van der Waals surface area contributed by atoms with E-state index in [4.69, 9.17) is 4.74 Å². The largest absolute Gasteiger partial charge is 0.451 e. The van der Waals surface area contributed by atoms with Crippen LogP contribution in [0, 0.1) is 0 Å². The first kappa shape index (κ1) is 19.9. The summed E-state index contributed by atoms with van der Waals surface area (Å²) in [6, 6.07) is 13.2. The highest BCUT2D eigenvalue weighted by Crippen LogP contribution is 2.11. The molecule has 1 heterocycles. The van der Waals surface area contributed by atoms with E-state index in [0.717, 1.165) is 4.57 Å². The summed E-state index contributed by atoms with van der Waals surface area (Å²) >= 11 is 0. The average molecular weight is 393 g/mol. The maximum absolute atomic E-state index is 12.4. The molecule has 148 valence electrons. The van der Waals surface area contributed by atoms with Gasteiger partial charge in [-0.1, -0.05) is 12.1 Å². The Morgan fingerprint density at radius 2 is 1.79 bits per heavy atom. The second-order valence-electron chi connectivity index (χ2n) is 6.45. The molecule has 1 atom stereocenters. The summed E-state index contributed by atoms with van der Waals surface area (Å²) in [6.45, 7) is 2.52. The Kier molecular flexibility index (Phi) is 5.82. The van der Waals surface area contributed by atoms with E-state index in [2.05, 4.69) is 10.3 Å². The van der Waals surface area contributed by atoms with Gasteiger partial charge in [0.05, 0.1) is 17.2 Å². The molecule has 0 radical (unpaired) electrons. The van der Waals surface area contributed by atoms with Crippen molar-refractivity contribution < 1.29 is 19.1 Å². The quantitative estimate of drug-likeness (QED) is 0.508. The lowest BCUT2D eigenvalue weighted by Gasteiger charge is -2.14. The highest BCUT2D eigenvalue weighted by molar-refractivity contribution is 5.97. The first-order valence-corrected chi connectivity index (χ1v) is 8.90. The average Bonchev–Trinajstić information content (AvgIpc) is 2.70. The van der Waals surface area contributed by atoms with Crippen LogP contribution in [0.3, 0.4) is 0 Å². The molecule has 1 N–H and O–H groups in total. The van der Waals surface area contributed by atoms with E-state index in [0.29, 0.717) is 22.2 Å². The molecule has 0 bridgehead atoms. The predicted molar refractivity (Wildman–Crippen MR) is 107 cm³/mol. The third kappa shape index (κ3) is 4.73. The van der Waals surface area contributed by atoms with Crippen molar-refractivity contribution in [1.29, 1.82) is 0 Å². The van der Waals surface area contributed by atoms with Crippen molar-refractivity contribution in [1.82, 2.24) is 9.55 Å². The van der Waals surface area contributed by atoms with Gasteiger partial charge in [-0.15, -0.1) is 0 Å². The SMILES string of the molecule is CC(=O)c1ccc(NC(=O)[C@@H](C)OC(=O)Cn2cnc3ccccc3c2=O)cc1. The predicted octanol–water partition coefficient (Wildman–Crippen LogP) is 2.17. The number of Topliss-reactive ketones (excluding diaryl/α,β-unsaturated/α-hetero) is 1. The Bertz CT molecular complexity index is 1140. The molecule has 0 unspecified atom stereocenters. The van der Waals surface area contributed by atoms with Gasteiger partial charge >= 0.3 is 5.97 Å². The first-order chi connectivity index (χ1) is 13.8. The number of carbonyl (C=O) groups excluding carboxylic acids is 3. The summed E-state index contributed by atoms with van der Waals surface area (Å²) in [5, 5.41) is 3.00. The number of aromatic nitrogens is 2. The van der Waals surface area contributed by atoms with Crippen molar-refractivity contribution in [2.75, 3.05) is 5.32 Å². The first-order valence-electron chi connectivity index (χ1n) is 8.90. The normalized spacial score (nSPS) is 11.7. The number of nitrogens with one attached hydrogen (secondary N) is 1. The summed E-state index contributed by atoms with van der Waals surface area (Å²) in [5.41, 5.74) is 1.16. The fraction of sp³-hybridized carbons (Fsp3) is 0.190. The molecule has 0 aliphatic carbocycles. The number of hydrogen-bond acceptors (Lipinski definition) is 6. The van der Waals surface area contributed by atoms with Gasteiger partial charge in [0.25, 0.3) is 11.5 Å². The van der Waals surface area contributed by atoms with Crippen molar-refractivity contribution in [2.24, 2.45) is 0 Å². The molecule has 0 aliphatic heterocycles. The lowest BCUT2D eigenvalue weighted by atomic mass is 10.1. The Morgan fingerprint density at radius 1 is 1.10 bits per heavy atom. The van der Waals surface area contributed by atoms with Gasteiger partial charge in [0.2, 0.25) is 0 Å². The Morgan fingerprint density at radius 3 is 2.48 bits per heavy atom. The van der Waals surface area contributed by atoms with Crippen LogP contribution in [-0.4, -0.2) is 33.3 Å². The fourth-order valence-electron chi connectivity index (χ4n) is 2.68. The number of benzene rings is 2. The van der Waals surface area contributed by atoms with E-state index in [1.165, 1.54) is 20.2 Å². The van der Waals surface area contributed by atoms with E-state index in [1.54, 1.807) is 48.5 Å². The second kappa shape index (κ2) is 8.47. The standard InChI is InChI=1S/C21H19N3O5/c1-13(25)15-7-9-16(10-8-15)23-20(27)14(2)29-19(26)11-24-12-22-18-6-4-3-5-17(18)21(24)28/h3-10,12,14H,11H2,1-2H3,(H,23,27)/t14-/m1/s1. The summed E-state index contributed by atoms with van der Waals surface area (Å²) in [5.74, 6) is -1.35. The minimum Gasteiger partial charge on any atom is -0.451 e. The van der Waals surface area contributed by atoms with E-state index >= 15 is 0 Å². The maximum Gasteiger partial charge on any atom is 0.326 e. The van der Waals surface area contributed by atoms with Gasteiger partial charge in [-0.05, 0) is 50.2 Å². The van der Waals surface area contributed by atoms with Crippen LogP contribution in [-0.2, 0) is 20.9 Å². The zero-order chi connectivity index (χ0) is 21.0. The van der Waals surface area contributed by atoms with Gasteiger partial charge in [0.1, 0.15) is 6.54 Å². The van der Waals surface area contributed by atoms with Gasteiger partial charge in [-0.3, -0.25) is 23.7 Å². The molecule has 29 heavy (non-hydrogen) atoms. The monoisotopic (exact) mass is 393 g/mol. The smallest absolute Gasteiger partial charge is 0.326 e. The van der Waals surface area contributed by atoms with Crippen molar-refractivity contribution in [3.05, 3.63) is 70.8 Å². The summed E-state index contributed by atoms with van der Waals surface area (Å²) in [7, 11) is 0. The summed E-state index contributed by atoms with van der Waals surface area (Å²) in [6.07, 6.45) is 0.201. The Labute approximate surface area is 166 Å². The maximum atomic E-state index is 12.4. The molecule has 1 aromatic heterocycles. The van der Waals surface area contributed by atoms with Crippen LogP contribution >= 0.6 is 0 Å². The third-order valence-corrected chi connectivity index (χ3v) is 4.27. The molecule has 3 aromatic rings. The summed E-state index contributed by atoms with van der Waals surface area (Å²) in [4.78, 5) is 52.2. The number of nitrogens with zero attached hydrogens (tertiary/aromatic N) is 2. The molecule has 0 fully saturated rings. The van der Waals surface area contributed by atoms with E-state index < -0.39 is 18.0 Å². The van der Waals surface area contributed by atoms with Crippen LogP contribution in [0.15, 0.2) is 59.7 Å².